The van der Waals surface area contributed by atoms with Crippen LogP contribution in [-0.2, 0) is 14.4 Å². The lowest BCUT2D eigenvalue weighted by atomic mass is 10.1. The maximum Gasteiger partial charge on any atom is 0.326 e. The number of hydrogen-bond donors (Lipinski definition) is 5. The average molecular weight is 316 g/mol. The summed E-state index contributed by atoms with van der Waals surface area (Å²) in [6, 6.07) is -1.93. The number of carboxylic acid groups (broad SMARTS) is 1. The number of nitrogens with zero attached hydrogens (tertiary/aromatic N) is 1. The van der Waals surface area contributed by atoms with Crippen molar-refractivity contribution in [2.75, 3.05) is 19.6 Å². The minimum Gasteiger partial charge on any atom is -0.480 e. The number of unbranched alkanes of at least 4 members (excludes halogenated alkanes) is 1. The highest BCUT2D eigenvalue weighted by Crippen LogP contribution is 2.20. The number of carbonyl (C=O) groups excluding carboxylic acids is 2. The van der Waals surface area contributed by atoms with Gasteiger partial charge in [-0.25, -0.2) is 4.79 Å². The SMILES string of the molecule is NCCCC[C@H](NC(=O)CN)C(=O)N1C[C@H](O)C[C@H]1C(=O)O. The Morgan fingerprint density at radius 3 is 2.50 bits per heavy atom. The Kier molecular flexibility index (Phi) is 7.22. The number of nitrogens with two attached hydrogens (primary N) is 2. The van der Waals surface area contributed by atoms with Crippen LogP contribution in [0.4, 0.5) is 0 Å². The van der Waals surface area contributed by atoms with Gasteiger partial charge in [0.2, 0.25) is 11.8 Å². The zero-order valence-electron chi connectivity index (χ0n) is 12.4. The van der Waals surface area contributed by atoms with Crippen molar-refractivity contribution in [1.82, 2.24) is 10.2 Å². The third-order valence-corrected chi connectivity index (χ3v) is 3.61. The second-order valence-corrected chi connectivity index (χ2v) is 5.34. The molecule has 1 rings (SSSR count). The molecule has 2 amide bonds. The molecule has 9 nitrogen and oxygen atoms in total. The van der Waals surface area contributed by atoms with Crippen molar-refractivity contribution in [2.45, 2.75) is 43.9 Å². The number of aliphatic carboxylic acids is 1. The normalized spacial score (nSPS) is 22.4. The molecular weight excluding hydrogens is 292 g/mol. The van der Waals surface area contributed by atoms with Crippen molar-refractivity contribution in [3.05, 3.63) is 0 Å². The highest BCUT2D eigenvalue weighted by atomic mass is 16.4. The van der Waals surface area contributed by atoms with Crippen LogP contribution in [0.1, 0.15) is 25.7 Å². The van der Waals surface area contributed by atoms with E-state index < -0.39 is 36.0 Å². The van der Waals surface area contributed by atoms with Crippen molar-refractivity contribution >= 4 is 17.8 Å². The molecule has 0 bridgehead atoms. The molecular formula is C13H24N4O5. The molecule has 0 aliphatic carbocycles. The van der Waals surface area contributed by atoms with Gasteiger partial charge >= 0.3 is 5.97 Å². The number of carboxylic acids is 1. The monoisotopic (exact) mass is 316 g/mol. The van der Waals surface area contributed by atoms with Gasteiger partial charge in [-0.2, -0.15) is 0 Å². The second kappa shape index (κ2) is 8.66. The van der Waals surface area contributed by atoms with Crippen molar-refractivity contribution in [3.8, 4) is 0 Å². The van der Waals surface area contributed by atoms with Crippen molar-refractivity contribution in [2.24, 2.45) is 11.5 Å². The molecule has 0 unspecified atom stereocenters. The second-order valence-electron chi connectivity index (χ2n) is 5.34. The van der Waals surface area contributed by atoms with Gasteiger partial charge in [-0.15, -0.1) is 0 Å². The van der Waals surface area contributed by atoms with E-state index in [2.05, 4.69) is 5.32 Å². The van der Waals surface area contributed by atoms with E-state index in [0.717, 1.165) is 4.90 Å². The van der Waals surface area contributed by atoms with Crippen LogP contribution in [0, 0.1) is 0 Å². The van der Waals surface area contributed by atoms with E-state index in [4.69, 9.17) is 16.6 Å². The van der Waals surface area contributed by atoms with E-state index in [-0.39, 0.29) is 19.5 Å². The number of nitrogens with one attached hydrogen (secondary N) is 1. The number of aliphatic hydroxyl groups excluding tert-OH is 1. The fourth-order valence-electron chi connectivity index (χ4n) is 2.50. The van der Waals surface area contributed by atoms with E-state index >= 15 is 0 Å². The molecule has 1 aliphatic heterocycles. The molecule has 9 heteroatoms. The van der Waals surface area contributed by atoms with E-state index in [1.54, 1.807) is 0 Å². The molecule has 0 aromatic rings. The first-order valence-electron chi connectivity index (χ1n) is 7.31. The summed E-state index contributed by atoms with van der Waals surface area (Å²) in [7, 11) is 0. The van der Waals surface area contributed by atoms with Gasteiger partial charge in [-0.3, -0.25) is 9.59 Å². The quantitative estimate of drug-likeness (QED) is 0.312. The molecule has 7 N–H and O–H groups in total. The average Bonchev–Trinajstić information content (AvgIpc) is 2.87. The maximum atomic E-state index is 12.5. The Hall–Kier alpha value is -1.71. The summed E-state index contributed by atoms with van der Waals surface area (Å²) in [5.74, 6) is -2.17. The van der Waals surface area contributed by atoms with Crippen LogP contribution >= 0.6 is 0 Å². The Labute approximate surface area is 128 Å². The van der Waals surface area contributed by atoms with Crippen molar-refractivity contribution < 1.29 is 24.6 Å². The van der Waals surface area contributed by atoms with Crippen LogP contribution in [0.3, 0.4) is 0 Å². The number of rotatable bonds is 8. The highest BCUT2D eigenvalue weighted by Gasteiger charge is 2.41. The van der Waals surface area contributed by atoms with E-state index in [1.165, 1.54) is 0 Å². The molecule has 0 spiro atoms. The van der Waals surface area contributed by atoms with Gasteiger partial charge in [0.1, 0.15) is 12.1 Å². The summed E-state index contributed by atoms with van der Waals surface area (Å²) in [6.45, 7) is 0.152. The molecule has 22 heavy (non-hydrogen) atoms. The molecule has 0 aromatic carbocycles. The Bertz CT molecular complexity index is 417. The molecule has 0 radical (unpaired) electrons. The van der Waals surface area contributed by atoms with E-state index in [9.17, 15) is 19.5 Å². The summed E-state index contributed by atoms with van der Waals surface area (Å²) >= 11 is 0. The lowest BCUT2D eigenvalue weighted by Crippen LogP contribution is -2.52. The number of likely N-dealkylation sites (tertiary alicyclic amines) is 1. The molecule has 1 fully saturated rings. The summed E-state index contributed by atoms with van der Waals surface area (Å²) in [4.78, 5) is 36.3. The number of aliphatic hydroxyl groups is 1. The molecule has 0 saturated carbocycles. The standard InChI is InChI=1S/C13H24N4O5/c14-4-2-1-3-9(16-11(19)6-15)12(20)17-7-8(18)5-10(17)13(21)22/h8-10,18H,1-7,14-15H2,(H,16,19)(H,21,22)/t8-,9+,10+/m1/s1. The zero-order chi connectivity index (χ0) is 16.7. The lowest BCUT2D eigenvalue weighted by Gasteiger charge is -2.27. The largest absolute Gasteiger partial charge is 0.480 e. The zero-order valence-corrected chi connectivity index (χ0v) is 12.4. The summed E-state index contributed by atoms with van der Waals surface area (Å²) in [5.41, 5.74) is 10.6. The highest BCUT2D eigenvalue weighted by molar-refractivity contribution is 5.91. The minimum absolute atomic E-state index is 0.0125. The van der Waals surface area contributed by atoms with Gasteiger partial charge in [0.05, 0.1) is 12.6 Å². The molecule has 126 valence electrons. The van der Waals surface area contributed by atoms with Crippen LogP contribution in [-0.4, -0.2) is 70.7 Å². The fourth-order valence-corrected chi connectivity index (χ4v) is 2.50. The molecule has 1 aliphatic rings. The third kappa shape index (κ3) is 4.93. The number of amides is 2. The number of carbonyl (C=O) groups is 3. The molecule has 1 heterocycles. The third-order valence-electron chi connectivity index (χ3n) is 3.61. The van der Waals surface area contributed by atoms with Gasteiger partial charge in [0.25, 0.3) is 0 Å². The van der Waals surface area contributed by atoms with E-state index in [1.807, 2.05) is 0 Å². The van der Waals surface area contributed by atoms with Crippen LogP contribution < -0.4 is 16.8 Å². The van der Waals surface area contributed by atoms with Gasteiger partial charge in [-0.1, -0.05) is 0 Å². The summed E-state index contributed by atoms with van der Waals surface area (Å²) in [6.07, 6.45) is 0.765. The minimum atomic E-state index is -1.17. The molecule has 1 saturated heterocycles. The van der Waals surface area contributed by atoms with Crippen LogP contribution in [0.25, 0.3) is 0 Å². The van der Waals surface area contributed by atoms with Gasteiger partial charge in [0.15, 0.2) is 0 Å². The topological polar surface area (TPSA) is 159 Å². The Balaban J connectivity index is 2.79. The first-order valence-corrected chi connectivity index (χ1v) is 7.31. The first-order chi connectivity index (χ1) is 10.4. The van der Waals surface area contributed by atoms with Crippen LogP contribution in [0.15, 0.2) is 0 Å². The smallest absolute Gasteiger partial charge is 0.326 e. The Morgan fingerprint density at radius 1 is 1.27 bits per heavy atom. The predicted octanol–water partition coefficient (Wildman–Crippen LogP) is -2.39. The van der Waals surface area contributed by atoms with E-state index in [0.29, 0.717) is 25.8 Å². The molecule has 0 aromatic heterocycles. The summed E-state index contributed by atoms with van der Waals surface area (Å²) < 4.78 is 0. The maximum absolute atomic E-state index is 12.5. The van der Waals surface area contributed by atoms with Gasteiger partial charge < -0.3 is 31.9 Å². The van der Waals surface area contributed by atoms with Crippen molar-refractivity contribution in [1.29, 1.82) is 0 Å². The predicted molar refractivity (Wildman–Crippen MR) is 77.7 cm³/mol. The van der Waals surface area contributed by atoms with Crippen LogP contribution in [0.2, 0.25) is 0 Å². The Morgan fingerprint density at radius 2 is 1.95 bits per heavy atom. The number of hydrogen-bond acceptors (Lipinski definition) is 6. The lowest BCUT2D eigenvalue weighted by molar-refractivity contribution is -0.149. The molecule has 3 atom stereocenters. The fraction of sp³-hybridized carbons (Fsp3) is 0.769. The summed E-state index contributed by atoms with van der Waals surface area (Å²) in [5, 5.41) is 21.3. The number of β-amino-alcohol motifs (C(OH)–C–C–N with tert-alkyl or cyclic N) is 1. The van der Waals surface area contributed by atoms with Crippen molar-refractivity contribution in [3.63, 3.8) is 0 Å². The van der Waals surface area contributed by atoms with Gasteiger partial charge in [0, 0.05) is 13.0 Å². The van der Waals surface area contributed by atoms with Crippen LogP contribution in [0.5, 0.6) is 0 Å². The van der Waals surface area contributed by atoms with Gasteiger partial charge in [-0.05, 0) is 25.8 Å². The first kappa shape index (κ1) is 18.3.